The molecule has 1 fully saturated rings. The number of halogens is 2. The van der Waals surface area contributed by atoms with Gasteiger partial charge in [0.05, 0.1) is 6.20 Å². The Morgan fingerprint density at radius 1 is 1.42 bits per heavy atom. The third kappa shape index (κ3) is 6.13. The van der Waals surface area contributed by atoms with Crippen LogP contribution in [0.4, 0.5) is 0 Å². The van der Waals surface area contributed by atoms with Crippen molar-refractivity contribution in [2.24, 2.45) is 18.7 Å². The highest BCUT2D eigenvalue weighted by Crippen LogP contribution is 2.19. The molecule has 6 heteroatoms. The molecular formula is C13H26Cl2N4. The summed E-state index contributed by atoms with van der Waals surface area (Å²) in [6.45, 7) is 4.48. The fourth-order valence-corrected chi connectivity index (χ4v) is 2.71. The fraction of sp³-hybridized carbons (Fsp3) is 0.769. The van der Waals surface area contributed by atoms with Gasteiger partial charge in [-0.25, -0.2) is 0 Å². The Hall–Kier alpha value is -0.290. The van der Waals surface area contributed by atoms with Crippen molar-refractivity contribution in [1.82, 2.24) is 14.7 Å². The van der Waals surface area contributed by atoms with E-state index in [0.29, 0.717) is 0 Å². The first-order chi connectivity index (χ1) is 8.28. The van der Waals surface area contributed by atoms with E-state index in [-0.39, 0.29) is 24.8 Å². The third-order valence-corrected chi connectivity index (χ3v) is 3.65. The van der Waals surface area contributed by atoms with Gasteiger partial charge in [0.25, 0.3) is 0 Å². The summed E-state index contributed by atoms with van der Waals surface area (Å²) in [4.78, 5) is 2.58. The predicted molar refractivity (Wildman–Crippen MR) is 84.2 cm³/mol. The Balaban J connectivity index is 0.00000162. The first-order valence-corrected chi connectivity index (χ1v) is 6.68. The van der Waals surface area contributed by atoms with Crippen LogP contribution < -0.4 is 5.73 Å². The van der Waals surface area contributed by atoms with Crippen molar-refractivity contribution < 1.29 is 0 Å². The zero-order valence-electron chi connectivity index (χ0n) is 11.6. The number of nitrogens with zero attached hydrogens (tertiary/aromatic N) is 3. The molecule has 0 amide bonds. The third-order valence-electron chi connectivity index (χ3n) is 3.65. The van der Waals surface area contributed by atoms with Crippen molar-refractivity contribution in [3.05, 3.63) is 18.0 Å². The van der Waals surface area contributed by atoms with Gasteiger partial charge in [-0.05, 0) is 50.3 Å². The van der Waals surface area contributed by atoms with Gasteiger partial charge in [-0.15, -0.1) is 24.8 Å². The lowest BCUT2D eigenvalue weighted by atomic mass is 9.94. The smallest absolute Gasteiger partial charge is 0.0522 e. The standard InChI is InChI=1S/C13H24N4.2ClH/c1-16-10-13(9-15-16)5-8-17-7-2-3-12(11-17)4-6-14;;/h9-10,12H,2-8,11,14H2,1H3;2*1H. The maximum atomic E-state index is 5.64. The normalized spacial score (nSPS) is 19.6. The molecule has 2 N–H and O–H groups in total. The molecule has 0 radical (unpaired) electrons. The molecule has 0 aliphatic carbocycles. The maximum absolute atomic E-state index is 5.64. The summed E-state index contributed by atoms with van der Waals surface area (Å²) >= 11 is 0. The topological polar surface area (TPSA) is 47.1 Å². The summed E-state index contributed by atoms with van der Waals surface area (Å²) in [5, 5.41) is 4.21. The van der Waals surface area contributed by atoms with Gasteiger partial charge in [-0.1, -0.05) is 0 Å². The first-order valence-electron chi connectivity index (χ1n) is 6.68. The lowest BCUT2D eigenvalue weighted by Crippen LogP contribution is -2.37. The summed E-state index contributed by atoms with van der Waals surface area (Å²) in [5.41, 5.74) is 6.98. The van der Waals surface area contributed by atoms with Crippen LogP contribution in [0.1, 0.15) is 24.8 Å². The Morgan fingerprint density at radius 2 is 2.21 bits per heavy atom. The summed E-state index contributed by atoms with van der Waals surface area (Å²) < 4.78 is 1.88. The summed E-state index contributed by atoms with van der Waals surface area (Å²) in [6, 6.07) is 0. The van der Waals surface area contributed by atoms with Crippen LogP contribution in [-0.4, -0.2) is 40.9 Å². The van der Waals surface area contributed by atoms with Crippen LogP contribution in [0.15, 0.2) is 12.4 Å². The van der Waals surface area contributed by atoms with Crippen molar-refractivity contribution in [3.63, 3.8) is 0 Å². The fourth-order valence-electron chi connectivity index (χ4n) is 2.71. The molecule has 2 heterocycles. The van der Waals surface area contributed by atoms with Gasteiger partial charge in [-0.2, -0.15) is 5.10 Å². The number of hydrogen-bond acceptors (Lipinski definition) is 3. The molecule has 1 atom stereocenters. The largest absolute Gasteiger partial charge is 0.330 e. The van der Waals surface area contributed by atoms with E-state index >= 15 is 0 Å². The van der Waals surface area contributed by atoms with E-state index < -0.39 is 0 Å². The molecule has 2 rings (SSSR count). The van der Waals surface area contributed by atoms with Crippen LogP contribution in [-0.2, 0) is 13.5 Å². The number of aryl methyl sites for hydroxylation is 1. The van der Waals surface area contributed by atoms with E-state index in [0.717, 1.165) is 25.4 Å². The highest BCUT2D eigenvalue weighted by Gasteiger charge is 2.18. The minimum absolute atomic E-state index is 0. The Labute approximate surface area is 128 Å². The van der Waals surface area contributed by atoms with Crippen molar-refractivity contribution in [2.75, 3.05) is 26.2 Å². The molecule has 0 spiro atoms. The summed E-state index contributed by atoms with van der Waals surface area (Å²) in [5.74, 6) is 0.822. The van der Waals surface area contributed by atoms with Crippen LogP contribution in [0.25, 0.3) is 0 Å². The Kier molecular flexibility index (Phi) is 9.44. The highest BCUT2D eigenvalue weighted by atomic mass is 35.5. The van der Waals surface area contributed by atoms with Crippen LogP contribution in [0.3, 0.4) is 0 Å². The van der Waals surface area contributed by atoms with Crippen LogP contribution >= 0.6 is 24.8 Å². The lowest BCUT2D eigenvalue weighted by molar-refractivity contribution is 0.172. The monoisotopic (exact) mass is 308 g/mol. The van der Waals surface area contributed by atoms with Gasteiger partial charge in [0.1, 0.15) is 0 Å². The number of hydrogen-bond donors (Lipinski definition) is 1. The molecule has 0 saturated carbocycles. The number of rotatable bonds is 5. The maximum Gasteiger partial charge on any atom is 0.0522 e. The predicted octanol–water partition coefficient (Wildman–Crippen LogP) is 1.87. The van der Waals surface area contributed by atoms with Crippen molar-refractivity contribution in [2.45, 2.75) is 25.7 Å². The van der Waals surface area contributed by atoms with Gasteiger partial charge in [-0.3, -0.25) is 4.68 Å². The molecule has 1 aromatic heterocycles. The van der Waals surface area contributed by atoms with Crippen LogP contribution in [0.2, 0.25) is 0 Å². The molecule has 4 nitrogen and oxygen atoms in total. The second kappa shape index (κ2) is 9.59. The molecule has 1 saturated heterocycles. The molecule has 1 aliphatic rings. The molecule has 112 valence electrons. The average molecular weight is 309 g/mol. The van der Waals surface area contributed by atoms with Gasteiger partial charge >= 0.3 is 0 Å². The van der Waals surface area contributed by atoms with Crippen molar-refractivity contribution >= 4 is 24.8 Å². The van der Waals surface area contributed by atoms with E-state index in [4.69, 9.17) is 5.73 Å². The quantitative estimate of drug-likeness (QED) is 0.903. The minimum atomic E-state index is 0. The number of aromatic nitrogens is 2. The molecule has 1 aromatic rings. The van der Waals surface area contributed by atoms with Crippen molar-refractivity contribution in [3.8, 4) is 0 Å². The van der Waals surface area contributed by atoms with E-state index in [1.807, 2.05) is 17.9 Å². The lowest BCUT2D eigenvalue weighted by Gasteiger charge is -2.32. The second-order valence-corrected chi connectivity index (χ2v) is 5.16. The SMILES string of the molecule is Cl.Cl.Cn1cc(CCN2CCCC(CCN)C2)cn1. The number of likely N-dealkylation sites (tertiary alicyclic amines) is 1. The van der Waals surface area contributed by atoms with E-state index in [9.17, 15) is 0 Å². The number of piperidine rings is 1. The Bertz CT molecular complexity index is 341. The molecule has 19 heavy (non-hydrogen) atoms. The van der Waals surface area contributed by atoms with Gasteiger partial charge in [0, 0.05) is 26.3 Å². The van der Waals surface area contributed by atoms with Gasteiger partial charge < -0.3 is 10.6 Å². The number of nitrogens with two attached hydrogens (primary N) is 1. The molecule has 1 aliphatic heterocycles. The minimum Gasteiger partial charge on any atom is -0.330 e. The first kappa shape index (κ1) is 18.7. The average Bonchev–Trinajstić information content (AvgIpc) is 2.74. The molecule has 0 aromatic carbocycles. The van der Waals surface area contributed by atoms with Crippen molar-refractivity contribution in [1.29, 1.82) is 0 Å². The Morgan fingerprint density at radius 3 is 2.84 bits per heavy atom. The zero-order chi connectivity index (χ0) is 12.1. The van der Waals surface area contributed by atoms with E-state index in [2.05, 4.69) is 16.2 Å². The zero-order valence-corrected chi connectivity index (χ0v) is 13.3. The molecular weight excluding hydrogens is 283 g/mol. The molecule has 1 unspecified atom stereocenters. The van der Waals surface area contributed by atoms with E-state index in [1.54, 1.807) is 0 Å². The van der Waals surface area contributed by atoms with E-state index in [1.165, 1.54) is 37.9 Å². The highest BCUT2D eigenvalue weighted by molar-refractivity contribution is 5.85. The molecule has 0 bridgehead atoms. The van der Waals surface area contributed by atoms with Crippen LogP contribution in [0.5, 0.6) is 0 Å². The van der Waals surface area contributed by atoms with Crippen LogP contribution in [0, 0.1) is 5.92 Å². The van der Waals surface area contributed by atoms with Gasteiger partial charge in [0.15, 0.2) is 0 Å². The van der Waals surface area contributed by atoms with Gasteiger partial charge in [0.2, 0.25) is 0 Å². The second-order valence-electron chi connectivity index (χ2n) is 5.16. The summed E-state index contributed by atoms with van der Waals surface area (Å²) in [7, 11) is 1.97. The summed E-state index contributed by atoms with van der Waals surface area (Å²) in [6.07, 6.45) is 9.08.